The van der Waals surface area contributed by atoms with E-state index in [4.69, 9.17) is 0 Å². The predicted molar refractivity (Wildman–Crippen MR) is 134 cm³/mol. The number of sulfone groups is 1. The number of pyridine rings is 1. The van der Waals surface area contributed by atoms with E-state index < -0.39 is 44.3 Å². The first-order valence-corrected chi connectivity index (χ1v) is 13.0. The van der Waals surface area contributed by atoms with Crippen molar-refractivity contribution in [3.05, 3.63) is 84.2 Å². The SMILES string of the molecule is CC1C(=O)N(c2ccc(S(=O)(=O)C(F)(F)F)cc2)C(=O)N1Cc1ccncc1NC(=O)NCc1ccccc1. The van der Waals surface area contributed by atoms with Gasteiger partial charge in [-0.3, -0.25) is 9.78 Å². The Bertz CT molecular complexity index is 1500. The zero-order valence-electron chi connectivity index (χ0n) is 20.3. The number of carbonyl (C=O) groups is 3. The second-order valence-electron chi connectivity index (χ2n) is 8.53. The van der Waals surface area contributed by atoms with Crippen LogP contribution in [0.5, 0.6) is 0 Å². The Morgan fingerprint density at radius 2 is 1.69 bits per heavy atom. The molecule has 4 rings (SSSR count). The van der Waals surface area contributed by atoms with Crippen LogP contribution in [0.3, 0.4) is 0 Å². The zero-order valence-corrected chi connectivity index (χ0v) is 21.2. The smallest absolute Gasteiger partial charge is 0.334 e. The summed E-state index contributed by atoms with van der Waals surface area (Å²) in [6, 6.07) is 11.8. The minimum atomic E-state index is -5.59. The minimum absolute atomic E-state index is 0.0890. The van der Waals surface area contributed by atoms with Crippen LogP contribution in [0.2, 0.25) is 0 Å². The number of hydrogen-bond acceptors (Lipinski definition) is 6. The van der Waals surface area contributed by atoms with Gasteiger partial charge in [0.25, 0.3) is 15.7 Å². The molecule has 0 radical (unpaired) electrons. The van der Waals surface area contributed by atoms with E-state index in [0.29, 0.717) is 23.4 Å². The van der Waals surface area contributed by atoms with Crippen LogP contribution in [0.1, 0.15) is 18.1 Å². The molecule has 1 unspecified atom stereocenters. The Kier molecular flexibility index (Phi) is 7.58. The van der Waals surface area contributed by atoms with Crippen molar-refractivity contribution < 1.29 is 36.0 Å². The molecule has 0 aliphatic carbocycles. The average Bonchev–Trinajstić information content (AvgIpc) is 3.11. The third kappa shape index (κ3) is 5.70. The molecule has 1 aliphatic heterocycles. The molecule has 2 N–H and O–H groups in total. The molecule has 1 aromatic heterocycles. The van der Waals surface area contributed by atoms with Gasteiger partial charge in [0.05, 0.1) is 29.0 Å². The van der Waals surface area contributed by atoms with Crippen LogP contribution in [0.15, 0.2) is 78.0 Å². The number of halogens is 3. The lowest BCUT2D eigenvalue weighted by Crippen LogP contribution is -2.34. The minimum Gasteiger partial charge on any atom is -0.334 e. The number of imide groups is 1. The number of hydrogen-bond donors (Lipinski definition) is 2. The summed E-state index contributed by atoms with van der Waals surface area (Å²) < 4.78 is 61.8. The molecule has 2 heterocycles. The molecule has 2 aromatic carbocycles. The maximum Gasteiger partial charge on any atom is 0.501 e. The van der Waals surface area contributed by atoms with E-state index >= 15 is 0 Å². The number of urea groups is 2. The molecule has 1 saturated heterocycles. The molecule has 14 heteroatoms. The van der Waals surface area contributed by atoms with Gasteiger partial charge >= 0.3 is 17.6 Å². The Morgan fingerprint density at radius 1 is 1.03 bits per heavy atom. The van der Waals surface area contributed by atoms with Gasteiger partial charge in [-0.05, 0) is 48.4 Å². The molecule has 3 aromatic rings. The van der Waals surface area contributed by atoms with E-state index in [1.54, 1.807) is 6.07 Å². The van der Waals surface area contributed by atoms with Gasteiger partial charge in [0, 0.05) is 12.7 Å². The van der Waals surface area contributed by atoms with Gasteiger partial charge in [-0.1, -0.05) is 30.3 Å². The Labute approximate surface area is 221 Å². The normalized spacial score (nSPS) is 15.9. The summed E-state index contributed by atoms with van der Waals surface area (Å²) in [5.74, 6) is -0.657. The van der Waals surface area contributed by atoms with Crippen molar-refractivity contribution in [3.63, 3.8) is 0 Å². The van der Waals surface area contributed by atoms with Crippen molar-refractivity contribution in [1.29, 1.82) is 0 Å². The van der Waals surface area contributed by atoms with Crippen LogP contribution >= 0.6 is 0 Å². The Balaban J connectivity index is 1.49. The van der Waals surface area contributed by atoms with Gasteiger partial charge in [0.15, 0.2) is 0 Å². The van der Waals surface area contributed by atoms with Gasteiger partial charge in [-0.25, -0.2) is 22.9 Å². The summed E-state index contributed by atoms with van der Waals surface area (Å²) in [5, 5.41) is 5.39. The first-order valence-electron chi connectivity index (χ1n) is 11.5. The topological polar surface area (TPSA) is 129 Å². The fourth-order valence-electron chi connectivity index (χ4n) is 3.86. The monoisotopic (exact) mass is 561 g/mol. The predicted octanol–water partition coefficient (Wildman–Crippen LogP) is 4.05. The number of rotatable bonds is 7. The van der Waals surface area contributed by atoms with E-state index in [-0.39, 0.29) is 18.8 Å². The number of anilines is 2. The second-order valence-corrected chi connectivity index (χ2v) is 10.5. The summed E-state index contributed by atoms with van der Waals surface area (Å²) in [6.45, 7) is 1.65. The largest absolute Gasteiger partial charge is 0.501 e. The second kappa shape index (κ2) is 10.7. The van der Waals surface area contributed by atoms with Crippen LogP contribution in [0.25, 0.3) is 0 Å². The molecule has 10 nitrogen and oxygen atoms in total. The molecule has 0 bridgehead atoms. The van der Waals surface area contributed by atoms with E-state index in [2.05, 4.69) is 15.6 Å². The van der Waals surface area contributed by atoms with Gasteiger partial charge in [-0.2, -0.15) is 13.2 Å². The molecule has 204 valence electrons. The lowest BCUT2D eigenvalue weighted by Gasteiger charge is -2.21. The molecule has 1 fully saturated rings. The molecular weight excluding hydrogens is 539 g/mol. The first-order chi connectivity index (χ1) is 18.4. The van der Waals surface area contributed by atoms with E-state index in [1.165, 1.54) is 24.2 Å². The quantitative estimate of drug-likeness (QED) is 0.419. The van der Waals surface area contributed by atoms with Gasteiger partial charge in [0.2, 0.25) is 0 Å². The van der Waals surface area contributed by atoms with Crippen molar-refractivity contribution in [2.75, 3.05) is 10.2 Å². The third-order valence-electron chi connectivity index (χ3n) is 5.99. The highest BCUT2D eigenvalue weighted by atomic mass is 32.2. The number of amides is 5. The number of nitrogens with zero attached hydrogens (tertiary/aromatic N) is 3. The molecule has 5 amide bonds. The highest BCUT2D eigenvalue weighted by Crippen LogP contribution is 2.33. The number of aromatic nitrogens is 1. The highest BCUT2D eigenvalue weighted by molar-refractivity contribution is 7.92. The van der Waals surface area contributed by atoms with E-state index in [9.17, 15) is 36.0 Å². The summed E-state index contributed by atoms with van der Waals surface area (Å²) in [6.07, 6.45) is 2.84. The zero-order chi connectivity index (χ0) is 28.4. The summed E-state index contributed by atoms with van der Waals surface area (Å²) in [4.78, 5) is 43.5. The fourth-order valence-corrected chi connectivity index (χ4v) is 4.62. The number of benzene rings is 2. The Hall–Kier alpha value is -4.46. The summed E-state index contributed by atoms with van der Waals surface area (Å²) in [5.41, 5.74) is -3.92. The van der Waals surface area contributed by atoms with Gasteiger partial charge in [0.1, 0.15) is 6.04 Å². The van der Waals surface area contributed by atoms with Crippen molar-refractivity contribution in [1.82, 2.24) is 15.2 Å². The van der Waals surface area contributed by atoms with Crippen LogP contribution in [-0.4, -0.2) is 47.8 Å². The number of nitrogens with one attached hydrogen (secondary N) is 2. The number of carbonyl (C=O) groups excluding carboxylic acids is 3. The summed E-state index contributed by atoms with van der Waals surface area (Å²) >= 11 is 0. The average molecular weight is 562 g/mol. The van der Waals surface area contributed by atoms with Crippen molar-refractivity contribution in [2.24, 2.45) is 0 Å². The molecule has 39 heavy (non-hydrogen) atoms. The maximum atomic E-state index is 13.2. The van der Waals surface area contributed by atoms with Crippen molar-refractivity contribution >= 4 is 39.2 Å². The highest BCUT2D eigenvalue weighted by Gasteiger charge is 2.47. The van der Waals surface area contributed by atoms with Crippen LogP contribution in [-0.2, 0) is 27.7 Å². The fraction of sp³-hybridized carbons (Fsp3) is 0.200. The molecule has 1 aliphatic rings. The Morgan fingerprint density at radius 3 is 2.33 bits per heavy atom. The van der Waals surface area contributed by atoms with Gasteiger partial charge < -0.3 is 15.5 Å². The van der Waals surface area contributed by atoms with Crippen LogP contribution < -0.4 is 15.5 Å². The van der Waals surface area contributed by atoms with Crippen molar-refractivity contribution in [3.8, 4) is 0 Å². The third-order valence-corrected chi connectivity index (χ3v) is 7.49. The molecular formula is C25H22F3N5O5S. The summed E-state index contributed by atoms with van der Waals surface area (Å²) in [7, 11) is -5.59. The maximum absolute atomic E-state index is 13.2. The molecule has 0 saturated carbocycles. The lowest BCUT2D eigenvalue weighted by molar-refractivity contribution is -0.119. The number of alkyl halides is 3. The van der Waals surface area contributed by atoms with Crippen LogP contribution in [0.4, 0.5) is 34.1 Å². The van der Waals surface area contributed by atoms with Crippen molar-refractivity contribution in [2.45, 2.75) is 36.5 Å². The standard InChI is InChI=1S/C25H22F3N5O5S/c1-16-22(34)33(19-7-9-20(10-8-19)39(37,38)25(26,27)28)24(36)32(16)15-18-11-12-29-14-21(18)31-23(35)30-13-17-5-3-2-4-6-17/h2-12,14,16H,13,15H2,1H3,(H2,30,31,35). The van der Waals surface area contributed by atoms with E-state index in [1.807, 2.05) is 30.3 Å². The van der Waals surface area contributed by atoms with Gasteiger partial charge in [-0.15, -0.1) is 0 Å². The lowest BCUT2D eigenvalue weighted by atomic mass is 10.2. The van der Waals surface area contributed by atoms with E-state index in [0.717, 1.165) is 22.6 Å². The van der Waals surface area contributed by atoms with Crippen LogP contribution in [0, 0.1) is 0 Å². The first kappa shape index (κ1) is 27.6. The molecule has 1 atom stereocenters. The molecule has 0 spiro atoms.